The lowest BCUT2D eigenvalue weighted by molar-refractivity contribution is -0.0954. The molecule has 0 radical (unpaired) electrons. The van der Waals surface area contributed by atoms with E-state index in [1.807, 2.05) is 25.1 Å². The summed E-state index contributed by atoms with van der Waals surface area (Å²) in [4.78, 5) is 0. The van der Waals surface area contributed by atoms with E-state index in [1.54, 1.807) is 0 Å². The van der Waals surface area contributed by atoms with Crippen molar-refractivity contribution in [1.82, 2.24) is 10.6 Å². The third-order valence-electron chi connectivity index (χ3n) is 3.25. The Balaban J connectivity index is 1.65. The Bertz CT molecular complexity index is 361. The fraction of sp³-hybridized carbons (Fsp3) is 0.500. The molecule has 86 valence electrons. The van der Waals surface area contributed by atoms with Crippen LogP contribution in [0.15, 0.2) is 30.3 Å². The molecule has 3 N–H and O–H groups in total. The molecule has 0 amide bonds. The topological polar surface area (TPSA) is 63.4 Å². The zero-order chi connectivity index (χ0) is 11.1. The molecule has 5 atom stereocenters. The molecular formula is C12H16N2O2. The van der Waals surface area contributed by atoms with Gasteiger partial charge in [0.2, 0.25) is 0 Å². The maximum Gasteiger partial charge on any atom is 0.171 e. The highest BCUT2D eigenvalue weighted by atomic mass is 16.6. The summed E-state index contributed by atoms with van der Waals surface area (Å²) in [5.74, 6) is 0. The SMILES string of the molecule is CC1NC(C2NC2c2ccccc2)OC1O. The van der Waals surface area contributed by atoms with Gasteiger partial charge in [-0.3, -0.25) is 5.32 Å². The molecule has 2 heterocycles. The minimum atomic E-state index is -0.691. The van der Waals surface area contributed by atoms with E-state index in [0.29, 0.717) is 6.04 Å². The summed E-state index contributed by atoms with van der Waals surface area (Å²) in [7, 11) is 0. The van der Waals surface area contributed by atoms with Crippen molar-refractivity contribution in [1.29, 1.82) is 0 Å². The molecule has 3 rings (SSSR count). The van der Waals surface area contributed by atoms with Gasteiger partial charge in [0.15, 0.2) is 6.29 Å². The van der Waals surface area contributed by atoms with Crippen molar-refractivity contribution >= 4 is 0 Å². The minimum Gasteiger partial charge on any atom is -0.367 e. The summed E-state index contributed by atoms with van der Waals surface area (Å²) in [6.45, 7) is 1.92. The fourth-order valence-electron chi connectivity index (χ4n) is 2.21. The molecule has 0 aliphatic carbocycles. The van der Waals surface area contributed by atoms with Gasteiger partial charge in [-0.1, -0.05) is 30.3 Å². The lowest BCUT2D eigenvalue weighted by Gasteiger charge is -2.07. The zero-order valence-corrected chi connectivity index (χ0v) is 9.13. The van der Waals surface area contributed by atoms with Gasteiger partial charge in [0, 0.05) is 0 Å². The molecular weight excluding hydrogens is 204 g/mol. The third kappa shape index (κ3) is 1.74. The van der Waals surface area contributed by atoms with Gasteiger partial charge in [0.05, 0.1) is 18.1 Å². The van der Waals surface area contributed by atoms with Crippen LogP contribution in [0.1, 0.15) is 18.5 Å². The van der Waals surface area contributed by atoms with Crippen LogP contribution < -0.4 is 10.6 Å². The Morgan fingerprint density at radius 1 is 1.19 bits per heavy atom. The summed E-state index contributed by atoms with van der Waals surface area (Å²) >= 11 is 0. The molecule has 2 aliphatic rings. The van der Waals surface area contributed by atoms with Crippen molar-refractivity contribution in [2.24, 2.45) is 0 Å². The fourth-order valence-corrected chi connectivity index (χ4v) is 2.21. The number of aliphatic hydroxyl groups excluding tert-OH is 1. The van der Waals surface area contributed by atoms with E-state index < -0.39 is 6.29 Å². The van der Waals surface area contributed by atoms with Crippen molar-refractivity contribution in [2.75, 3.05) is 0 Å². The van der Waals surface area contributed by atoms with Crippen LogP contribution in [-0.2, 0) is 4.74 Å². The molecule has 0 bridgehead atoms. The molecule has 2 aliphatic heterocycles. The number of hydrogen-bond donors (Lipinski definition) is 3. The Kier molecular flexibility index (Phi) is 2.44. The number of rotatable bonds is 2. The summed E-state index contributed by atoms with van der Waals surface area (Å²) < 4.78 is 5.43. The molecule has 1 aromatic carbocycles. The van der Waals surface area contributed by atoms with Gasteiger partial charge in [-0.15, -0.1) is 0 Å². The van der Waals surface area contributed by atoms with Crippen LogP contribution in [0.5, 0.6) is 0 Å². The van der Waals surface area contributed by atoms with Gasteiger partial charge in [0.1, 0.15) is 6.23 Å². The second kappa shape index (κ2) is 3.82. The third-order valence-corrected chi connectivity index (χ3v) is 3.25. The highest BCUT2D eigenvalue weighted by Gasteiger charge is 2.48. The Morgan fingerprint density at radius 3 is 2.56 bits per heavy atom. The van der Waals surface area contributed by atoms with Crippen molar-refractivity contribution in [2.45, 2.75) is 37.6 Å². The van der Waals surface area contributed by atoms with Crippen molar-refractivity contribution in [3.63, 3.8) is 0 Å². The summed E-state index contributed by atoms with van der Waals surface area (Å²) in [6, 6.07) is 10.9. The van der Waals surface area contributed by atoms with Gasteiger partial charge in [-0.25, -0.2) is 0 Å². The first-order chi connectivity index (χ1) is 7.75. The maximum absolute atomic E-state index is 9.49. The second-order valence-electron chi connectivity index (χ2n) is 4.48. The van der Waals surface area contributed by atoms with E-state index >= 15 is 0 Å². The second-order valence-corrected chi connectivity index (χ2v) is 4.48. The monoisotopic (exact) mass is 220 g/mol. The molecule has 2 fully saturated rings. The Morgan fingerprint density at radius 2 is 1.94 bits per heavy atom. The van der Waals surface area contributed by atoms with Gasteiger partial charge < -0.3 is 15.2 Å². The summed E-state index contributed by atoms with van der Waals surface area (Å²) in [5.41, 5.74) is 1.27. The van der Waals surface area contributed by atoms with Crippen LogP contribution >= 0.6 is 0 Å². The van der Waals surface area contributed by atoms with Crippen LogP contribution in [0.25, 0.3) is 0 Å². The van der Waals surface area contributed by atoms with Gasteiger partial charge in [0.25, 0.3) is 0 Å². The quantitative estimate of drug-likeness (QED) is 0.629. The van der Waals surface area contributed by atoms with Crippen LogP contribution in [-0.4, -0.2) is 29.7 Å². The van der Waals surface area contributed by atoms with E-state index in [-0.39, 0.29) is 18.3 Å². The zero-order valence-electron chi connectivity index (χ0n) is 9.13. The molecule has 16 heavy (non-hydrogen) atoms. The Labute approximate surface area is 94.6 Å². The number of ether oxygens (including phenoxy) is 1. The van der Waals surface area contributed by atoms with E-state index in [4.69, 9.17) is 4.74 Å². The van der Waals surface area contributed by atoms with Gasteiger partial charge >= 0.3 is 0 Å². The molecule has 2 saturated heterocycles. The predicted molar refractivity (Wildman–Crippen MR) is 59.6 cm³/mol. The highest BCUT2D eigenvalue weighted by Crippen LogP contribution is 2.34. The smallest absolute Gasteiger partial charge is 0.171 e. The average molecular weight is 220 g/mol. The van der Waals surface area contributed by atoms with Crippen LogP contribution in [0.4, 0.5) is 0 Å². The van der Waals surface area contributed by atoms with Crippen molar-refractivity contribution in [3.05, 3.63) is 35.9 Å². The molecule has 4 heteroatoms. The lowest BCUT2D eigenvalue weighted by atomic mass is 10.1. The first-order valence-corrected chi connectivity index (χ1v) is 5.66. The highest BCUT2D eigenvalue weighted by molar-refractivity contribution is 5.27. The van der Waals surface area contributed by atoms with Crippen molar-refractivity contribution < 1.29 is 9.84 Å². The van der Waals surface area contributed by atoms with E-state index in [9.17, 15) is 5.11 Å². The summed E-state index contributed by atoms with van der Waals surface area (Å²) in [5, 5.41) is 16.1. The van der Waals surface area contributed by atoms with E-state index in [2.05, 4.69) is 22.8 Å². The summed E-state index contributed by atoms with van der Waals surface area (Å²) in [6.07, 6.45) is -0.779. The molecule has 4 nitrogen and oxygen atoms in total. The largest absolute Gasteiger partial charge is 0.367 e. The van der Waals surface area contributed by atoms with Crippen molar-refractivity contribution in [3.8, 4) is 0 Å². The normalized spacial score (nSPS) is 42.2. The van der Waals surface area contributed by atoms with Crippen LogP contribution in [0.2, 0.25) is 0 Å². The standard InChI is InChI=1S/C12H16N2O2/c1-7-12(15)16-11(13-7)10-9(14-10)8-5-3-2-4-6-8/h2-7,9-15H,1H3. The molecule has 1 aromatic rings. The lowest BCUT2D eigenvalue weighted by Crippen LogP contribution is -2.34. The number of aliphatic hydroxyl groups is 1. The van der Waals surface area contributed by atoms with Crippen LogP contribution in [0, 0.1) is 0 Å². The van der Waals surface area contributed by atoms with Gasteiger partial charge in [-0.2, -0.15) is 0 Å². The van der Waals surface area contributed by atoms with Crippen LogP contribution in [0.3, 0.4) is 0 Å². The van der Waals surface area contributed by atoms with E-state index in [1.165, 1.54) is 5.56 Å². The molecule has 0 aromatic heterocycles. The number of hydrogen-bond acceptors (Lipinski definition) is 4. The first-order valence-electron chi connectivity index (χ1n) is 5.66. The Hall–Kier alpha value is -0.940. The molecule has 0 spiro atoms. The first kappa shape index (κ1) is 10.2. The maximum atomic E-state index is 9.49. The average Bonchev–Trinajstić information content (AvgIpc) is 3.03. The van der Waals surface area contributed by atoms with Gasteiger partial charge in [-0.05, 0) is 12.5 Å². The minimum absolute atomic E-state index is 0.00354. The molecule has 0 saturated carbocycles. The predicted octanol–water partition coefficient (Wildman–Crippen LogP) is 0.352. The number of benzene rings is 1. The van der Waals surface area contributed by atoms with E-state index in [0.717, 1.165) is 0 Å². The number of nitrogens with one attached hydrogen (secondary N) is 2. The molecule has 5 unspecified atom stereocenters.